The van der Waals surface area contributed by atoms with Crippen molar-refractivity contribution in [1.82, 2.24) is 0 Å². The van der Waals surface area contributed by atoms with Crippen LogP contribution >= 0.6 is 22.6 Å². The van der Waals surface area contributed by atoms with Gasteiger partial charge in [0.1, 0.15) is 5.82 Å². The molecule has 0 heterocycles. The van der Waals surface area contributed by atoms with Gasteiger partial charge in [-0.1, -0.05) is 6.07 Å². The number of hydrogen-bond donors (Lipinski definition) is 1. The summed E-state index contributed by atoms with van der Waals surface area (Å²) in [6.45, 7) is 0. The van der Waals surface area contributed by atoms with Crippen LogP contribution in [0.15, 0.2) is 18.2 Å². The Morgan fingerprint density at radius 3 is 2.69 bits per heavy atom. The van der Waals surface area contributed by atoms with Crippen LogP contribution in [0.4, 0.5) is 4.39 Å². The second kappa shape index (κ2) is 3.53. The summed E-state index contributed by atoms with van der Waals surface area (Å²) in [6, 6.07) is 5.01. The fourth-order valence-electron chi connectivity index (χ4n) is 1.52. The molecule has 2 N–H and O–H groups in total. The fraction of sp³-hybridized carbons (Fsp3) is 0.400. The Balaban J connectivity index is 2.36. The summed E-state index contributed by atoms with van der Waals surface area (Å²) in [6.07, 6.45) is 2.29. The third kappa shape index (κ3) is 1.86. The van der Waals surface area contributed by atoms with Gasteiger partial charge >= 0.3 is 0 Å². The van der Waals surface area contributed by atoms with E-state index in [0.717, 1.165) is 16.4 Å². The van der Waals surface area contributed by atoms with E-state index in [0.29, 0.717) is 11.5 Å². The molecule has 0 unspecified atom stereocenters. The van der Waals surface area contributed by atoms with E-state index >= 15 is 0 Å². The molecule has 0 aromatic heterocycles. The summed E-state index contributed by atoms with van der Waals surface area (Å²) in [5.41, 5.74) is 6.66. The highest BCUT2D eigenvalue weighted by Crippen LogP contribution is 2.41. The molecule has 0 radical (unpaired) electrons. The van der Waals surface area contributed by atoms with E-state index in [2.05, 4.69) is 22.6 Å². The molecule has 1 saturated carbocycles. The van der Waals surface area contributed by atoms with Crippen molar-refractivity contribution in [2.45, 2.75) is 18.9 Å². The Kier molecular flexibility index (Phi) is 2.55. The molecule has 1 aromatic rings. The van der Waals surface area contributed by atoms with E-state index in [1.165, 1.54) is 6.07 Å². The summed E-state index contributed by atoms with van der Waals surface area (Å²) < 4.78 is 14.3. The summed E-state index contributed by atoms with van der Waals surface area (Å²) >= 11 is 2.14. The van der Waals surface area contributed by atoms with Gasteiger partial charge < -0.3 is 5.73 Å². The zero-order chi connectivity index (χ0) is 9.42. The molecule has 0 spiro atoms. The third-order valence-corrected chi connectivity index (χ3v) is 3.40. The highest BCUT2D eigenvalue weighted by atomic mass is 127. The molecular formula is C10H11FIN. The van der Waals surface area contributed by atoms with Crippen molar-refractivity contribution >= 4 is 22.6 Å². The van der Waals surface area contributed by atoms with E-state index in [1.807, 2.05) is 6.07 Å². The van der Waals surface area contributed by atoms with E-state index in [1.54, 1.807) is 6.07 Å². The molecule has 70 valence electrons. The van der Waals surface area contributed by atoms with Gasteiger partial charge in [0.2, 0.25) is 0 Å². The lowest BCUT2D eigenvalue weighted by molar-refractivity contribution is 0.551. The van der Waals surface area contributed by atoms with Crippen LogP contribution in [-0.4, -0.2) is 0 Å². The minimum absolute atomic E-state index is 0.104. The standard InChI is InChI=1S/C10H11FIN/c11-7-2-1-3-8(12)9(7)10(13)6-4-5-6/h1-3,6,10H,4-5,13H2/t10-/m1/s1. The van der Waals surface area contributed by atoms with Crippen LogP contribution in [0, 0.1) is 15.3 Å². The van der Waals surface area contributed by atoms with Crippen LogP contribution in [-0.2, 0) is 0 Å². The Morgan fingerprint density at radius 2 is 2.15 bits per heavy atom. The van der Waals surface area contributed by atoms with Crippen molar-refractivity contribution in [3.05, 3.63) is 33.1 Å². The summed E-state index contributed by atoms with van der Waals surface area (Å²) in [5, 5.41) is 0. The van der Waals surface area contributed by atoms with Crippen molar-refractivity contribution in [3.63, 3.8) is 0 Å². The fourth-order valence-corrected chi connectivity index (χ4v) is 2.35. The van der Waals surface area contributed by atoms with Gasteiger partial charge in [0, 0.05) is 15.2 Å². The molecule has 1 fully saturated rings. The zero-order valence-electron chi connectivity index (χ0n) is 7.13. The van der Waals surface area contributed by atoms with Gasteiger partial charge in [0.15, 0.2) is 0 Å². The van der Waals surface area contributed by atoms with Gasteiger partial charge in [0.25, 0.3) is 0 Å². The lowest BCUT2D eigenvalue weighted by Crippen LogP contribution is -2.15. The van der Waals surface area contributed by atoms with Crippen LogP contribution in [0.1, 0.15) is 24.4 Å². The smallest absolute Gasteiger partial charge is 0.129 e. The lowest BCUT2D eigenvalue weighted by Gasteiger charge is -2.13. The van der Waals surface area contributed by atoms with Crippen LogP contribution < -0.4 is 5.73 Å². The molecule has 0 saturated heterocycles. The van der Waals surface area contributed by atoms with Gasteiger partial charge in [-0.25, -0.2) is 4.39 Å². The minimum atomic E-state index is -0.161. The quantitative estimate of drug-likeness (QED) is 0.833. The maximum atomic E-state index is 13.4. The molecule has 1 aliphatic rings. The normalized spacial score (nSPS) is 18.7. The van der Waals surface area contributed by atoms with Gasteiger partial charge in [-0.15, -0.1) is 0 Å². The molecule has 3 heteroatoms. The van der Waals surface area contributed by atoms with Crippen LogP contribution in [0.5, 0.6) is 0 Å². The van der Waals surface area contributed by atoms with Gasteiger partial charge in [-0.3, -0.25) is 0 Å². The molecule has 1 nitrogen and oxygen atoms in total. The third-order valence-electron chi connectivity index (χ3n) is 2.46. The summed E-state index contributed by atoms with van der Waals surface area (Å²) in [4.78, 5) is 0. The van der Waals surface area contributed by atoms with Crippen LogP contribution in [0.2, 0.25) is 0 Å². The van der Waals surface area contributed by atoms with Crippen LogP contribution in [0.3, 0.4) is 0 Å². The van der Waals surface area contributed by atoms with Crippen molar-refractivity contribution in [2.75, 3.05) is 0 Å². The monoisotopic (exact) mass is 291 g/mol. The number of halogens is 2. The number of benzene rings is 1. The van der Waals surface area contributed by atoms with Crippen molar-refractivity contribution in [3.8, 4) is 0 Å². The highest BCUT2D eigenvalue weighted by molar-refractivity contribution is 14.1. The average molecular weight is 291 g/mol. The van der Waals surface area contributed by atoms with E-state index in [4.69, 9.17) is 5.73 Å². The molecule has 2 rings (SSSR count). The Labute approximate surface area is 90.7 Å². The summed E-state index contributed by atoms with van der Waals surface area (Å²) in [5.74, 6) is 0.344. The SMILES string of the molecule is N[C@@H](c1c(F)cccc1I)C1CC1. The first kappa shape index (κ1) is 9.40. The molecule has 0 amide bonds. The Bertz CT molecular complexity index is 302. The van der Waals surface area contributed by atoms with Crippen molar-refractivity contribution in [2.24, 2.45) is 11.7 Å². The van der Waals surface area contributed by atoms with Crippen LogP contribution in [0.25, 0.3) is 0 Å². The number of hydrogen-bond acceptors (Lipinski definition) is 1. The molecule has 1 aromatic carbocycles. The van der Waals surface area contributed by atoms with Gasteiger partial charge in [-0.05, 0) is 53.5 Å². The molecule has 1 atom stereocenters. The molecule has 0 bridgehead atoms. The van der Waals surface area contributed by atoms with Gasteiger partial charge in [0.05, 0.1) is 0 Å². The van der Waals surface area contributed by atoms with E-state index < -0.39 is 0 Å². The molecule has 1 aliphatic carbocycles. The second-order valence-electron chi connectivity index (χ2n) is 3.50. The number of nitrogens with two attached hydrogens (primary N) is 1. The predicted molar refractivity (Wildman–Crippen MR) is 58.8 cm³/mol. The van der Waals surface area contributed by atoms with Crippen molar-refractivity contribution in [1.29, 1.82) is 0 Å². The summed E-state index contributed by atoms with van der Waals surface area (Å²) in [7, 11) is 0. The molecule has 0 aliphatic heterocycles. The highest BCUT2D eigenvalue weighted by Gasteiger charge is 2.32. The Hall–Kier alpha value is -0.160. The largest absolute Gasteiger partial charge is 0.324 e. The Morgan fingerprint density at radius 1 is 1.46 bits per heavy atom. The zero-order valence-corrected chi connectivity index (χ0v) is 9.29. The topological polar surface area (TPSA) is 26.0 Å². The first-order valence-corrected chi connectivity index (χ1v) is 5.47. The van der Waals surface area contributed by atoms with Gasteiger partial charge in [-0.2, -0.15) is 0 Å². The second-order valence-corrected chi connectivity index (χ2v) is 4.66. The molecule has 13 heavy (non-hydrogen) atoms. The maximum absolute atomic E-state index is 13.4. The van der Waals surface area contributed by atoms with E-state index in [9.17, 15) is 4.39 Å². The molecular weight excluding hydrogens is 280 g/mol. The minimum Gasteiger partial charge on any atom is -0.324 e. The number of rotatable bonds is 2. The average Bonchev–Trinajstić information content (AvgIpc) is 2.85. The maximum Gasteiger partial charge on any atom is 0.129 e. The van der Waals surface area contributed by atoms with E-state index in [-0.39, 0.29) is 11.9 Å². The van der Waals surface area contributed by atoms with Crippen molar-refractivity contribution < 1.29 is 4.39 Å². The first-order chi connectivity index (χ1) is 6.20. The predicted octanol–water partition coefficient (Wildman–Crippen LogP) is 2.84. The first-order valence-electron chi connectivity index (χ1n) is 4.39. The lowest BCUT2D eigenvalue weighted by atomic mass is 10.0.